The number of benzene rings is 2. The molecule has 0 spiro atoms. The molecule has 0 aliphatic carbocycles. The van der Waals surface area contributed by atoms with Gasteiger partial charge in [-0.1, -0.05) is 65.7 Å². The Morgan fingerprint density at radius 3 is 2.38 bits per heavy atom. The largest absolute Gasteiger partial charge is 0.466 e. The van der Waals surface area contributed by atoms with Crippen molar-refractivity contribution in [3.8, 4) is 0 Å². The molecule has 4 heteroatoms. The smallest absolute Gasteiger partial charge is 0.330 e. The molecule has 0 radical (unpaired) electrons. The van der Waals surface area contributed by atoms with Crippen LogP contribution in [0.2, 0.25) is 10.0 Å². The number of rotatable bonds is 4. The van der Waals surface area contributed by atoms with E-state index in [0.29, 0.717) is 10.0 Å². The maximum Gasteiger partial charge on any atom is 0.330 e. The Morgan fingerprint density at radius 1 is 1.05 bits per heavy atom. The van der Waals surface area contributed by atoms with Crippen LogP contribution in [0.5, 0.6) is 0 Å². The second-order valence-corrected chi connectivity index (χ2v) is 5.26. The van der Waals surface area contributed by atoms with Crippen molar-refractivity contribution in [2.24, 2.45) is 0 Å². The van der Waals surface area contributed by atoms with Gasteiger partial charge in [-0.25, -0.2) is 4.79 Å². The molecule has 2 aromatic carbocycles. The van der Waals surface area contributed by atoms with Gasteiger partial charge in [0.1, 0.15) is 0 Å². The number of methoxy groups -OCH3 is 1. The van der Waals surface area contributed by atoms with Crippen molar-refractivity contribution in [3.05, 3.63) is 81.9 Å². The molecule has 21 heavy (non-hydrogen) atoms. The average Bonchev–Trinajstić information content (AvgIpc) is 2.51. The molecular formula is C17H14Cl2O2. The Labute approximate surface area is 134 Å². The molecule has 0 aliphatic rings. The highest BCUT2D eigenvalue weighted by Gasteiger charge is 2.13. The van der Waals surface area contributed by atoms with E-state index in [4.69, 9.17) is 23.2 Å². The van der Waals surface area contributed by atoms with E-state index in [1.165, 1.54) is 13.2 Å². The fraction of sp³-hybridized carbons (Fsp3) is 0.118. The van der Waals surface area contributed by atoms with E-state index in [1.54, 1.807) is 12.1 Å². The van der Waals surface area contributed by atoms with Crippen LogP contribution in [0, 0.1) is 0 Å². The first-order chi connectivity index (χ1) is 10.1. The van der Waals surface area contributed by atoms with E-state index in [9.17, 15) is 4.79 Å². The zero-order valence-electron chi connectivity index (χ0n) is 11.4. The van der Waals surface area contributed by atoms with E-state index >= 15 is 0 Å². The predicted octanol–water partition coefficient (Wildman–Crippen LogP) is 4.85. The first-order valence-corrected chi connectivity index (χ1v) is 7.13. The number of carbonyl (C=O) groups excluding carboxylic acids is 1. The van der Waals surface area contributed by atoms with Crippen LogP contribution in [0.4, 0.5) is 0 Å². The molecule has 2 rings (SSSR count). The molecule has 2 nitrogen and oxygen atoms in total. The second kappa shape index (κ2) is 7.30. The van der Waals surface area contributed by atoms with Gasteiger partial charge in [0.25, 0.3) is 0 Å². The first kappa shape index (κ1) is 15.6. The second-order valence-electron chi connectivity index (χ2n) is 4.44. The summed E-state index contributed by atoms with van der Waals surface area (Å²) in [4.78, 5) is 11.3. The van der Waals surface area contributed by atoms with Gasteiger partial charge in [-0.15, -0.1) is 0 Å². The number of hydrogen-bond acceptors (Lipinski definition) is 2. The number of esters is 1. The third-order valence-electron chi connectivity index (χ3n) is 3.09. The van der Waals surface area contributed by atoms with Crippen LogP contribution in [-0.2, 0) is 9.53 Å². The average molecular weight is 321 g/mol. The van der Waals surface area contributed by atoms with E-state index in [-0.39, 0.29) is 5.92 Å². The van der Waals surface area contributed by atoms with Crippen molar-refractivity contribution < 1.29 is 9.53 Å². The van der Waals surface area contributed by atoms with Crippen LogP contribution in [0.3, 0.4) is 0 Å². The van der Waals surface area contributed by atoms with Crippen molar-refractivity contribution in [1.29, 1.82) is 0 Å². The normalized spacial score (nSPS) is 12.3. The van der Waals surface area contributed by atoms with Crippen molar-refractivity contribution in [1.82, 2.24) is 0 Å². The summed E-state index contributed by atoms with van der Waals surface area (Å²) < 4.78 is 4.64. The fourth-order valence-corrected chi connectivity index (χ4v) is 2.33. The van der Waals surface area contributed by atoms with E-state index in [0.717, 1.165) is 11.1 Å². The lowest BCUT2D eigenvalue weighted by Crippen LogP contribution is -2.01. The van der Waals surface area contributed by atoms with E-state index < -0.39 is 5.97 Å². The molecule has 1 atom stereocenters. The number of hydrogen-bond donors (Lipinski definition) is 0. The number of ether oxygens (including phenoxy) is 1. The van der Waals surface area contributed by atoms with Crippen LogP contribution < -0.4 is 0 Å². The highest BCUT2D eigenvalue weighted by Crippen LogP contribution is 2.31. The van der Waals surface area contributed by atoms with Crippen molar-refractivity contribution in [3.63, 3.8) is 0 Å². The molecule has 0 saturated carbocycles. The van der Waals surface area contributed by atoms with Crippen molar-refractivity contribution >= 4 is 29.2 Å². The van der Waals surface area contributed by atoms with Gasteiger partial charge in [0.15, 0.2) is 0 Å². The molecule has 0 aliphatic heterocycles. The first-order valence-electron chi connectivity index (χ1n) is 6.38. The molecule has 2 aromatic rings. The summed E-state index contributed by atoms with van der Waals surface area (Å²) in [5.74, 6) is -0.490. The summed E-state index contributed by atoms with van der Waals surface area (Å²) in [6.45, 7) is 0. The maximum absolute atomic E-state index is 11.3. The minimum atomic E-state index is -0.393. The van der Waals surface area contributed by atoms with Crippen LogP contribution in [0.25, 0.3) is 0 Å². The monoisotopic (exact) mass is 320 g/mol. The van der Waals surface area contributed by atoms with Crippen LogP contribution in [0.1, 0.15) is 17.0 Å². The summed E-state index contributed by atoms with van der Waals surface area (Å²) >= 11 is 12.0. The topological polar surface area (TPSA) is 26.3 Å². The van der Waals surface area contributed by atoms with Gasteiger partial charge in [0, 0.05) is 12.0 Å². The minimum absolute atomic E-state index is 0.0972. The minimum Gasteiger partial charge on any atom is -0.466 e. The number of carbonyl (C=O) groups is 1. The summed E-state index contributed by atoms with van der Waals surface area (Å²) in [5, 5.41) is 0.991. The highest BCUT2D eigenvalue weighted by atomic mass is 35.5. The van der Waals surface area contributed by atoms with Gasteiger partial charge in [-0.05, 0) is 23.3 Å². The molecule has 0 fully saturated rings. The number of allylic oxidation sites excluding steroid dienone is 1. The van der Waals surface area contributed by atoms with Gasteiger partial charge in [0.05, 0.1) is 17.2 Å². The summed E-state index contributed by atoms with van der Waals surface area (Å²) in [6.07, 6.45) is 3.21. The third kappa shape index (κ3) is 4.10. The lowest BCUT2D eigenvalue weighted by Gasteiger charge is -2.14. The molecule has 0 aromatic heterocycles. The SMILES string of the molecule is COC(=O)/C=C/[C@H](c1ccccc1)c1ccc(Cl)c(Cl)c1. The van der Waals surface area contributed by atoms with E-state index in [2.05, 4.69) is 4.74 Å². The van der Waals surface area contributed by atoms with Crippen LogP contribution in [0.15, 0.2) is 60.7 Å². The Balaban J connectivity index is 2.42. The summed E-state index contributed by atoms with van der Waals surface area (Å²) in [6, 6.07) is 15.3. The van der Waals surface area contributed by atoms with Crippen LogP contribution in [-0.4, -0.2) is 13.1 Å². The molecule has 0 heterocycles. The third-order valence-corrected chi connectivity index (χ3v) is 3.83. The predicted molar refractivity (Wildman–Crippen MR) is 85.9 cm³/mol. The lowest BCUT2D eigenvalue weighted by molar-refractivity contribution is -0.134. The van der Waals surface area contributed by atoms with Gasteiger partial charge >= 0.3 is 5.97 Å². The van der Waals surface area contributed by atoms with Crippen molar-refractivity contribution in [2.45, 2.75) is 5.92 Å². The van der Waals surface area contributed by atoms with Crippen LogP contribution >= 0.6 is 23.2 Å². The Hall–Kier alpha value is -1.77. The Bertz CT molecular complexity index is 651. The molecular weight excluding hydrogens is 307 g/mol. The standard InChI is InChI=1S/C17H14Cl2O2/c1-21-17(20)10-8-14(12-5-3-2-4-6-12)13-7-9-15(18)16(19)11-13/h2-11,14H,1H3/b10-8+/t14-/m1/s1. The van der Waals surface area contributed by atoms with E-state index in [1.807, 2.05) is 42.5 Å². The molecule has 0 unspecified atom stereocenters. The Morgan fingerprint density at radius 2 is 1.76 bits per heavy atom. The zero-order valence-corrected chi connectivity index (χ0v) is 12.9. The molecule has 0 saturated heterocycles. The molecule has 0 N–H and O–H groups in total. The molecule has 0 bridgehead atoms. The van der Waals surface area contributed by atoms with Gasteiger partial charge < -0.3 is 4.74 Å². The van der Waals surface area contributed by atoms with Gasteiger partial charge in [0.2, 0.25) is 0 Å². The quantitative estimate of drug-likeness (QED) is 0.594. The number of halogens is 2. The lowest BCUT2D eigenvalue weighted by atomic mass is 9.91. The maximum atomic E-state index is 11.3. The van der Waals surface area contributed by atoms with Gasteiger partial charge in [-0.3, -0.25) is 0 Å². The highest BCUT2D eigenvalue weighted by molar-refractivity contribution is 6.42. The summed E-state index contributed by atoms with van der Waals surface area (Å²) in [7, 11) is 1.35. The fourth-order valence-electron chi connectivity index (χ4n) is 2.02. The Kier molecular flexibility index (Phi) is 5.43. The van der Waals surface area contributed by atoms with Gasteiger partial charge in [-0.2, -0.15) is 0 Å². The molecule has 108 valence electrons. The zero-order chi connectivity index (χ0) is 15.2. The summed E-state index contributed by atoms with van der Waals surface area (Å²) in [5.41, 5.74) is 2.01. The van der Waals surface area contributed by atoms with Crippen molar-refractivity contribution in [2.75, 3.05) is 7.11 Å². The molecule has 0 amide bonds.